The first-order valence-corrected chi connectivity index (χ1v) is 18.2. The molecule has 0 amide bonds. The van der Waals surface area contributed by atoms with E-state index in [0.717, 1.165) is 69.2 Å². The topological polar surface area (TPSA) is 154 Å². The number of unbranched alkanes of at least 4 members (excludes halogenated alkanes) is 2. The van der Waals surface area contributed by atoms with E-state index in [4.69, 9.17) is 9.47 Å². The summed E-state index contributed by atoms with van der Waals surface area (Å²) < 4.78 is 10.5. The van der Waals surface area contributed by atoms with Gasteiger partial charge in [-0.25, -0.2) is 9.59 Å². The van der Waals surface area contributed by atoms with Crippen LogP contribution in [0.4, 0.5) is 11.4 Å². The van der Waals surface area contributed by atoms with Gasteiger partial charge in [-0.05, 0) is 87.1 Å². The number of anilines is 2. The molecule has 1 unspecified atom stereocenters. The van der Waals surface area contributed by atoms with Crippen molar-refractivity contribution in [2.75, 3.05) is 42.6 Å². The molecule has 0 heterocycles. The highest BCUT2D eigenvalue weighted by atomic mass is 16.6. The van der Waals surface area contributed by atoms with Crippen molar-refractivity contribution in [3.05, 3.63) is 69.8 Å². The fourth-order valence-corrected chi connectivity index (χ4v) is 4.77. The van der Waals surface area contributed by atoms with E-state index >= 15 is 0 Å². The molecule has 2 aromatic carbocycles. The zero-order valence-corrected chi connectivity index (χ0v) is 32.2. The number of nitrogens with zero attached hydrogens (tertiary/aromatic N) is 6. The first-order valence-electron chi connectivity index (χ1n) is 18.2. The lowest BCUT2D eigenvalue weighted by molar-refractivity contribution is -0.152. The van der Waals surface area contributed by atoms with Gasteiger partial charge in [0.1, 0.15) is 48.1 Å². The number of carbonyl (C=O) groups excluding carboxylic acids is 2. The summed E-state index contributed by atoms with van der Waals surface area (Å²) in [4.78, 5) is 29.7. The monoisotopic (exact) mass is 706 g/mol. The van der Waals surface area contributed by atoms with Gasteiger partial charge >= 0.3 is 11.9 Å². The van der Waals surface area contributed by atoms with Crippen LogP contribution in [0.3, 0.4) is 0 Å². The molecule has 0 saturated carbocycles. The first kappa shape index (κ1) is 44.4. The van der Waals surface area contributed by atoms with Gasteiger partial charge in [0.15, 0.2) is 0 Å². The summed E-state index contributed by atoms with van der Waals surface area (Å²) in [5.41, 5.74) is 2.84. The molecule has 0 N–H and O–H groups in total. The van der Waals surface area contributed by atoms with Crippen LogP contribution in [0.2, 0.25) is 0 Å². The van der Waals surface area contributed by atoms with Crippen molar-refractivity contribution in [1.29, 1.82) is 21.0 Å². The molecular formula is C42H54N6O4. The highest BCUT2D eigenvalue weighted by Crippen LogP contribution is 2.25. The van der Waals surface area contributed by atoms with Crippen LogP contribution in [0.15, 0.2) is 47.5 Å². The molecule has 0 radical (unpaired) electrons. The third-order valence-electron chi connectivity index (χ3n) is 8.17. The Balaban J connectivity index is 0.00000252. The quantitative estimate of drug-likeness (QED) is 0.0835. The van der Waals surface area contributed by atoms with Crippen molar-refractivity contribution < 1.29 is 19.1 Å². The molecule has 52 heavy (non-hydrogen) atoms. The predicted molar refractivity (Wildman–Crippen MR) is 207 cm³/mol. The van der Waals surface area contributed by atoms with Crippen LogP contribution in [-0.2, 0) is 19.1 Å². The fraction of sp³-hybridized carbons (Fsp3) is 0.476. The van der Waals surface area contributed by atoms with Crippen molar-refractivity contribution in [3.8, 4) is 24.3 Å². The van der Waals surface area contributed by atoms with E-state index in [1.54, 1.807) is 36.4 Å². The Morgan fingerprint density at radius 3 is 1.48 bits per heavy atom. The van der Waals surface area contributed by atoms with Crippen LogP contribution >= 0.6 is 0 Å². The number of esters is 2. The Labute approximate surface area is 311 Å². The molecule has 0 spiro atoms. The van der Waals surface area contributed by atoms with Gasteiger partial charge < -0.3 is 19.3 Å². The molecular weight excluding hydrogens is 652 g/mol. The maximum absolute atomic E-state index is 12.8. The number of hydrogen-bond donors (Lipinski definition) is 0. The van der Waals surface area contributed by atoms with Gasteiger partial charge in [0.05, 0.1) is 22.5 Å². The molecule has 10 heteroatoms. The van der Waals surface area contributed by atoms with Crippen LogP contribution in [0.1, 0.15) is 110 Å². The smallest absolute Gasteiger partial charge is 0.349 e. The average Bonchev–Trinajstić information content (AvgIpc) is 3.16. The van der Waals surface area contributed by atoms with E-state index in [1.807, 2.05) is 26.0 Å². The normalized spacial score (nSPS) is 11.5. The molecule has 10 nitrogen and oxygen atoms in total. The third-order valence-corrected chi connectivity index (χ3v) is 8.17. The molecule has 0 aliphatic heterocycles. The lowest BCUT2D eigenvalue weighted by Gasteiger charge is -2.24. The van der Waals surface area contributed by atoms with E-state index in [-0.39, 0.29) is 17.8 Å². The van der Waals surface area contributed by atoms with Crippen LogP contribution in [0.5, 0.6) is 0 Å². The summed E-state index contributed by atoms with van der Waals surface area (Å²) >= 11 is 0. The molecule has 0 aliphatic rings. The van der Waals surface area contributed by atoms with Gasteiger partial charge in [0.25, 0.3) is 0 Å². The van der Waals surface area contributed by atoms with Gasteiger partial charge in [-0.2, -0.15) is 21.0 Å². The van der Waals surface area contributed by atoms with Crippen molar-refractivity contribution in [2.24, 2.45) is 5.92 Å². The summed E-state index contributed by atoms with van der Waals surface area (Å²) in [6.07, 6.45) is 7.08. The largest absolute Gasteiger partial charge is 0.458 e. The molecule has 0 aliphatic carbocycles. The number of ether oxygens (including phenoxy) is 2. The lowest BCUT2D eigenvalue weighted by atomic mass is 10.1. The Bertz CT molecular complexity index is 1700. The predicted octanol–water partition coefficient (Wildman–Crippen LogP) is 8.72. The Morgan fingerprint density at radius 1 is 0.712 bits per heavy atom. The van der Waals surface area contributed by atoms with Gasteiger partial charge in [0, 0.05) is 26.2 Å². The van der Waals surface area contributed by atoms with Crippen LogP contribution in [0, 0.1) is 51.2 Å². The molecule has 0 saturated heterocycles. The molecule has 0 aromatic heterocycles. The lowest BCUT2D eigenvalue weighted by Crippen LogP contribution is -2.24. The zero-order valence-electron chi connectivity index (χ0n) is 32.2. The van der Waals surface area contributed by atoms with Crippen molar-refractivity contribution in [2.45, 2.75) is 93.6 Å². The van der Waals surface area contributed by atoms with Crippen LogP contribution in [0.25, 0.3) is 12.2 Å². The number of benzene rings is 2. The van der Waals surface area contributed by atoms with Gasteiger partial charge in [-0.15, -0.1) is 0 Å². The van der Waals surface area contributed by atoms with Crippen molar-refractivity contribution >= 4 is 35.5 Å². The van der Waals surface area contributed by atoms with Crippen molar-refractivity contribution in [3.63, 3.8) is 0 Å². The number of carbonyl (C=O) groups is 2. The van der Waals surface area contributed by atoms with Crippen LogP contribution in [-0.4, -0.2) is 50.8 Å². The Kier molecular flexibility index (Phi) is 21.0. The summed E-state index contributed by atoms with van der Waals surface area (Å²) in [5, 5.41) is 38.7. The summed E-state index contributed by atoms with van der Waals surface area (Å²) in [7, 11) is 0. The second kappa shape index (κ2) is 24.5. The molecule has 2 aromatic rings. The SMILES string of the molecule is CCC(C)C.CCCCN(CC)c1ccc(/C=C(\C#N)C(=O)OCC(C)OC(=O)/C(C#N)=C/c2ccc(N(CC)CCCC)c(C#N)c2)cc1C#N. The highest BCUT2D eigenvalue weighted by Gasteiger charge is 2.19. The molecule has 276 valence electrons. The first-order chi connectivity index (χ1) is 25.0. The second-order valence-electron chi connectivity index (χ2n) is 12.6. The summed E-state index contributed by atoms with van der Waals surface area (Å²) in [5.74, 6) is -0.955. The zero-order chi connectivity index (χ0) is 39.1. The van der Waals surface area contributed by atoms with E-state index < -0.39 is 18.0 Å². The minimum absolute atomic E-state index is 0.288. The van der Waals surface area contributed by atoms with Crippen LogP contribution < -0.4 is 9.80 Å². The molecule has 0 fully saturated rings. The van der Waals surface area contributed by atoms with E-state index in [1.165, 1.54) is 25.5 Å². The van der Waals surface area contributed by atoms with Gasteiger partial charge in [-0.3, -0.25) is 0 Å². The van der Waals surface area contributed by atoms with E-state index in [9.17, 15) is 30.6 Å². The maximum Gasteiger partial charge on any atom is 0.349 e. The van der Waals surface area contributed by atoms with E-state index in [0.29, 0.717) is 22.3 Å². The summed E-state index contributed by atoms with van der Waals surface area (Å²) in [6.45, 7) is 19.1. The minimum atomic E-state index is -0.926. The standard InChI is InChI=1S/C37H42N6O4.C5H12/c1-6-10-16-42(8-3)34-14-12-28(18-30(34)22-38)20-32(24-40)36(44)46-26-27(5)47-37(45)33(25-41)21-29-13-15-35(31(19-29)23-39)43(9-4)17-11-7-2;1-4-5(2)3/h12-15,18-21,27H,6-11,16-17,26H2,1-5H3;5H,4H2,1-3H3/b32-20+,33-21+;. The third kappa shape index (κ3) is 14.7. The molecule has 0 bridgehead atoms. The number of hydrogen-bond acceptors (Lipinski definition) is 10. The fourth-order valence-electron chi connectivity index (χ4n) is 4.77. The molecule has 1 atom stereocenters. The van der Waals surface area contributed by atoms with Gasteiger partial charge in [-0.1, -0.05) is 66.0 Å². The average molecular weight is 707 g/mol. The van der Waals surface area contributed by atoms with E-state index in [2.05, 4.69) is 56.6 Å². The summed E-state index contributed by atoms with van der Waals surface area (Å²) in [6, 6.07) is 18.3. The second-order valence-corrected chi connectivity index (χ2v) is 12.6. The van der Waals surface area contributed by atoms with Gasteiger partial charge in [0.2, 0.25) is 0 Å². The van der Waals surface area contributed by atoms with Crippen molar-refractivity contribution in [1.82, 2.24) is 0 Å². The highest BCUT2D eigenvalue weighted by molar-refractivity contribution is 5.99. The number of rotatable bonds is 18. The number of nitriles is 4. The minimum Gasteiger partial charge on any atom is -0.458 e. The Hall–Kier alpha value is -5.58. The molecule has 2 rings (SSSR count). The maximum atomic E-state index is 12.8. The Morgan fingerprint density at radius 2 is 1.13 bits per heavy atom.